The zero-order valence-electron chi connectivity index (χ0n) is 10.7. The van der Waals surface area contributed by atoms with E-state index in [9.17, 15) is 4.79 Å². The summed E-state index contributed by atoms with van der Waals surface area (Å²) in [6, 6.07) is 3.52. The van der Waals surface area contributed by atoms with Crippen molar-refractivity contribution in [2.24, 2.45) is 5.84 Å². The van der Waals surface area contributed by atoms with Crippen LogP contribution in [0.25, 0.3) is 10.9 Å². The van der Waals surface area contributed by atoms with Gasteiger partial charge in [0, 0.05) is 16.6 Å². The SMILES string of the molecule is CCOC(=O)c1cnc2c(C)cc(Cl)cc2c1NN. The van der Waals surface area contributed by atoms with Crippen LogP contribution in [0.15, 0.2) is 18.3 Å². The largest absolute Gasteiger partial charge is 0.462 e. The molecule has 0 aliphatic rings. The Kier molecular flexibility index (Phi) is 3.87. The van der Waals surface area contributed by atoms with Crippen LogP contribution >= 0.6 is 11.6 Å². The minimum atomic E-state index is -0.470. The number of carbonyl (C=O) groups is 1. The summed E-state index contributed by atoms with van der Waals surface area (Å²) in [5.74, 6) is 5.05. The molecular weight excluding hydrogens is 266 g/mol. The van der Waals surface area contributed by atoms with Gasteiger partial charge in [0.1, 0.15) is 5.56 Å². The number of hydrogen-bond donors (Lipinski definition) is 2. The van der Waals surface area contributed by atoms with Gasteiger partial charge in [-0.3, -0.25) is 10.8 Å². The molecule has 1 aromatic heterocycles. The molecule has 0 aliphatic carbocycles. The molecule has 2 aromatic rings. The maximum Gasteiger partial charge on any atom is 0.341 e. The molecule has 5 nitrogen and oxygen atoms in total. The lowest BCUT2D eigenvalue weighted by molar-refractivity contribution is 0.0527. The van der Waals surface area contributed by atoms with Crippen LogP contribution in [0.4, 0.5) is 5.69 Å². The molecule has 0 fully saturated rings. The van der Waals surface area contributed by atoms with Gasteiger partial charge in [0.15, 0.2) is 0 Å². The number of rotatable bonds is 3. The number of benzene rings is 1. The highest BCUT2D eigenvalue weighted by atomic mass is 35.5. The Morgan fingerprint density at radius 3 is 2.89 bits per heavy atom. The first kappa shape index (κ1) is 13.6. The molecule has 2 rings (SSSR count). The topological polar surface area (TPSA) is 77.2 Å². The van der Waals surface area contributed by atoms with Gasteiger partial charge in [-0.1, -0.05) is 11.6 Å². The van der Waals surface area contributed by atoms with Crippen LogP contribution < -0.4 is 11.3 Å². The van der Waals surface area contributed by atoms with Crippen LogP contribution in [0.3, 0.4) is 0 Å². The molecule has 0 amide bonds. The molecule has 6 heteroatoms. The molecule has 0 unspecified atom stereocenters. The fraction of sp³-hybridized carbons (Fsp3) is 0.231. The number of ether oxygens (including phenoxy) is 1. The number of carbonyl (C=O) groups excluding carboxylic acids is 1. The second-order valence-corrected chi connectivity index (χ2v) is 4.47. The first-order valence-electron chi connectivity index (χ1n) is 5.81. The first-order chi connectivity index (χ1) is 9.08. The van der Waals surface area contributed by atoms with E-state index in [0.717, 1.165) is 11.1 Å². The number of pyridine rings is 1. The number of aromatic nitrogens is 1. The number of fused-ring (bicyclic) bond motifs is 1. The fourth-order valence-electron chi connectivity index (χ4n) is 1.96. The van der Waals surface area contributed by atoms with E-state index >= 15 is 0 Å². The molecule has 1 aromatic carbocycles. The van der Waals surface area contributed by atoms with Crippen molar-refractivity contribution in [3.63, 3.8) is 0 Å². The number of aryl methyl sites for hydroxylation is 1. The molecule has 0 saturated carbocycles. The number of hydrazine groups is 1. The molecular formula is C13H14ClN3O2. The van der Waals surface area contributed by atoms with E-state index in [1.54, 1.807) is 19.1 Å². The van der Waals surface area contributed by atoms with Crippen LogP contribution in [0.5, 0.6) is 0 Å². The van der Waals surface area contributed by atoms with Crippen molar-refractivity contribution < 1.29 is 9.53 Å². The average Bonchev–Trinajstić information content (AvgIpc) is 2.37. The minimum absolute atomic E-state index is 0.287. The second kappa shape index (κ2) is 5.42. The Bertz CT molecular complexity index is 643. The molecule has 0 aliphatic heterocycles. The summed E-state index contributed by atoms with van der Waals surface area (Å²) < 4.78 is 4.97. The van der Waals surface area contributed by atoms with Gasteiger partial charge in [0.2, 0.25) is 0 Å². The third kappa shape index (κ3) is 2.47. The Labute approximate surface area is 115 Å². The summed E-state index contributed by atoms with van der Waals surface area (Å²) >= 11 is 6.03. The van der Waals surface area contributed by atoms with Crippen LogP contribution in [0.2, 0.25) is 5.02 Å². The molecule has 0 bridgehead atoms. The van der Waals surface area contributed by atoms with E-state index in [0.29, 0.717) is 21.7 Å². The summed E-state index contributed by atoms with van der Waals surface area (Å²) in [5, 5.41) is 1.25. The van der Waals surface area contributed by atoms with Crippen LogP contribution in [0.1, 0.15) is 22.8 Å². The Hall–Kier alpha value is -1.85. The molecule has 100 valence electrons. The van der Waals surface area contributed by atoms with Crippen molar-refractivity contribution in [2.45, 2.75) is 13.8 Å². The highest BCUT2D eigenvalue weighted by molar-refractivity contribution is 6.31. The minimum Gasteiger partial charge on any atom is -0.462 e. The number of hydrogen-bond acceptors (Lipinski definition) is 5. The number of nitrogens with zero attached hydrogens (tertiary/aromatic N) is 1. The zero-order chi connectivity index (χ0) is 14.0. The van der Waals surface area contributed by atoms with E-state index in [2.05, 4.69) is 10.4 Å². The van der Waals surface area contributed by atoms with Gasteiger partial charge in [0.05, 0.1) is 17.8 Å². The van der Waals surface area contributed by atoms with Crippen molar-refractivity contribution in [2.75, 3.05) is 12.0 Å². The Morgan fingerprint density at radius 2 is 2.26 bits per heavy atom. The predicted octanol–water partition coefficient (Wildman–Crippen LogP) is 2.66. The summed E-state index contributed by atoms with van der Waals surface area (Å²) in [4.78, 5) is 16.1. The van der Waals surface area contributed by atoms with Gasteiger partial charge in [-0.2, -0.15) is 0 Å². The maximum absolute atomic E-state index is 11.8. The van der Waals surface area contributed by atoms with E-state index in [4.69, 9.17) is 22.2 Å². The van der Waals surface area contributed by atoms with Crippen molar-refractivity contribution in [1.82, 2.24) is 4.98 Å². The lowest BCUT2D eigenvalue weighted by Crippen LogP contribution is -2.15. The van der Waals surface area contributed by atoms with Gasteiger partial charge in [-0.25, -0.2) is 4.79 Å². The average molecular weight is 280 g/mol. The van der Waals surface area contributed by atoms with Crippen molar-refractivity contribution >= 4 is 34.2 Å². The smallest absolute Gasteiger partial charge is 0.341 e. The van der Waals surface area contributed by atoms with Gasteiger partial charge in [0.25, 0.3) is 0 Å². The first-order valence-corrected chi connectivity index (χ1v) is 6.18. The third-order valence-corrected chi connectivity index (χ3v) is 2.98. The summed E-state index contributed by atoms with van der Waals surface area (Å²) in [5.41, 5.74) is 4.94. The number of esters is 1. The van der Waals surface area contributed by atoms with Crippen LogP contribution in [-0.4, -0.2) is 17.6 Å². The molecule has 0 atom stereocenters. The number of anilines is 1. The third-order valence-electron chi connectivity index (χ3n) is 2.77. The summed E-state index contributed by atoms with van der Waals surface area (Å²) in [7, 11) is 0. The normalized spacial score (nSPS) is 10.5. The molecule has 19 heavy (non-hydrogen) atoms. The fourth-order valence-corrected chi connectivity index (χ4v) is 2.23. The van der Waals surface area contributed by atoms with E-state index in [1.807, 2.05) is 6.92 Å². The van der Waals surface area contributed by atoms with E-state index in [1.165, 1.54) is 6.20 Å². The van der Waals surface area contributed by atoms with Crippen molar-refractivity contribution in [3.8, 4) is 0 Å². The molecule has 0 saturated heterocycles. The molecule has 0 spiro atoms. The number of halogens is 1. The standard InChI is InChI=1S/C13H14ClN3O2/c1-3-19-13(18)10-6-16-11-7(2)4-8(14)5-9(11)12(10)17-15/h4-6H,3,15H2,1-2H3,(H,16,17). The van der Waals surface area contributed by atoms with Crippen LogP contribution in [0, 0.1) is 6.92 Å². The number of nitrogens with two attached hydrogens (primary N) is 1. The lowest BCUT2D eigenvalue weighted by atomic mass is 10.1. The van der Waals surface area contributed by atoms with Crippen molar-refractivity contribution in [1.29, 1.82) is 0 Å². The van der Waals surface area contributed by atoms with E-state index in [-0.39, 0.29) is 6.61 Å². The Balaban J connectivity index is 2.72. The number of nitrogen functional groups attached to an aromatic ring is 1. The molecule has 1 heterocycles. The number of nitrogens with one attached hydrogen (secondary N) is 1. The van der Waals surface area contributed by atoms with Gasteiger partial charge >= 0.3 is 5.97 Å². The maximum atomic E-state index is 11.8. The highest BCUT2D eigenvalue weighted by Gasteiger charge is 2.17. The zero-order valence-corrected chi connectivity index (χ0v) is 11.4. The monoisotopic (exact) mass is 279 g/mol. The summed E-state index contributed by atoms with van der Waals surface area (Å²) in [6.45, 7) is 3.92. The van der Waals surface area contributed by atoms with Crippen molar-refractivity contribution in [3.05, 3.63) is 34.5 Å². The lowest BCUT2D eigenvalue weighted by Gasteiger charge is -2.12. The Morgan fingerprint density at radius 1 is 1.53 bits per heavy atom. The van der Waals surface area contributed by atoms with E-state index < -0.39 is 5.97 Å². The molecule has 3 N–H and O–H groups in total. The molecule has 0 radical (unpaired) electrons. The summed E-state index contributed by atoms with van der Waals surface area (Å²) in [6.07, 6.45) is 1.45. The van der Waals surface area contributed by atoms with Gasteiger partial charge in [-0.05, 0) is 31.5 Å². The quantitative estimate of drug-likeness (QED) is 0.513. The predicted molar refractivity (Wildman–Crippen MR) is 75.3 cm³/mol. The van der Waals surface area contributed by atoms with Gasteiger partial charge < -0.3 is 10.2 Å². The second-order valence-electron chi connectivity index (χ2n) is 4.03. The highest BCUT2D eigenvalue weighted by Crippen LogP contribution is 2.30. The van der Waals surface area contributed by atoms with Crippen LogP contribution in [-0.2, 0) is 4.74 Å². The van der Waals surface area contributed by atoms with Gasteiger partial charge in [-0.15, -0.1) is 0 Å².